The van der Waals surface area contributed by atoms with Crippen LogP contribution < -0.4 is 5.32 Å². The normalized spacial score (nSPS) is 11.4. The molecule has 0 aliphatic carbocycles. The van der Waals surface area contributed by atoms with Gasteiger partial charge in [-0.3, -0.25) is 4.79 Å². The van der Waals surface area contributed by atoms with E-state index in [4.69, 9.17) is 5.11 Å². The standard InChI is InChI=1S/C15H16N4O2/c1-11(14-18-16-10-19(14)2)17-15(21)13-8-4-3-6-12(13)7-5-9-20/h3-4,6,8,10-11,20H,9H2,1-2H3,(H,17,21). The third kappa shape index (κ3) is 3.46. The van der Waals surface area contributed by atoms with Gasteiger partial charge in [0, 0.05) is 12.6 Å². The van der Waals surface area contributed by atoms with Crippen LogP contribution in [-0.4, -0.2) is 32.4 Å². The Labute approximate surface area is 122 Å². The second-order valence-electron chi connectivity index (χ2n) is 4.50. The predicted molar refractivity (Wildman–Crippen MR) is 77.3 cm³/mol. The summed E-state index contributed by atoms with van der Waals surface area (Å²) >= 11 is 0. The molecule has 0 aliphatic heterocycles. The Bertz CT molecular complexity index is 697. The maximum absolute atomic E-state index is 12.3. The molecule has 1 atom stereocenters. The van der Waals surface area contributed by atoms with Crippen molar-refractivity contribution in [3.8, 4) is 11.8 Å². The van der Waals surface area contributed by atoms with Crippen LogP contribution in [0.1, 0.15) is 34.7 Å². The number of hydrogen-bond donors (Lipinski definition) is 2. The first-order chi connectivity index (χ1) is 10.1. The third-order valence-corrected chi connectivity index (χ3v) is 2.96. The highest BCUT2D eigenvalue weighted by atomic mass is 16.2. The summed E-state index contributed by atoms with van der Waals surface area (Å²) in [7, 11) is 1.82. The van der Waals surface area contributed by atoms with Crippen LogP contribution in [0.4, 0.5) is 0 Å². The van der Waals surface area contributed by atoms with Crippen molar-refractivity contribution in [3.63, 3.8) is 0 Å². The summed E-state index contributed by atoms with van der Waals surface area (Å²) in [5.74, 6) is 5.74. The fourth-order valence-corrected chi connectivity index (χ4v) is 1.95. The molecule has 0 aliphatic rings. The summed E-state index contributed by atoms with van der Waals surface area (Å²) in [6.45, 7) is 1.59. The first-order valence-corrected chi connectivity index (χ1v) is 6.47. The SMILES string of the molecule is CC(NC(=O)c1ccccc1C#CCO)c1nncn1C. The van der Waals surface area contributed by atoms with Crippen LogP contribution in [0.2, 0.25) is 0 Å². The highest BCUT2D eigenvalue weighted by Crippen LogP contribution is 2.12. The van der Waals surface area contributed by atoms with E-state index in [-0.39, 0.29) is 18.6 Å². The molecule has 0 saturated heterocycles. The number of hydrogen-bond acceptors (Lipinski definition) is 4. The minimum absolute atomic E-state index is 0.242. The molecule has 0 spiro atoms. The van der Waals surface area contributed by atoms with Crippen LogP contribution in [0.25, 0.3) is 0 Å². The zero-order valence-electron chi connectivity index (χ0n) is 11.9. The van der Waals surface area contributed by atoms with Gasteiger partial charge in [0.1, 0.15) is 12.9 Å². The van der Waals surface area contributed by atoms with Crippen molar-refractivity contribution in [3.05, 3.63) is 47.5 Å². The van der Waals surface area contributed by atoms with E-state index in [9.17, 15) is 4.79 Å². The van der Waals surface area contributed by atoms with Gasteiger partial charge in [-0.2, -0.15) is 0 Å². The molecule has 1 amide bonds. The molecular weight excluding hydrogens is 268 g/mol. The number of carbonyl (C=O) groups is 1. The number of aryl methyl sites for hydroxylation is 1. The lowest BCUT2D eigenvalue weighted by atomic mass is 10.1. The van der Waals surface area contributed by atoms with E-state index < -0.39 is 0 Å². The predicted octanol–water partition coefficient (Wildman–Crippen LogP) is 0.650. The first kappa shape index (κ1) is 14.8. The molecule has 2 rings (SSSR count). The third-order valence-electron chi connectivity index (χ3n) is 2.96. The second kappa shape index (κ2) is 6.68. The van der Waals surface area contributed by atoms with Crippen LogP contribution in [0, 0.1) is 11.8 Å². The van der Waals surface area contributed by atoms with Gasteiger partial charge in [0.15, 0.2) is 5.82 Å². The van der Waals surface area contributed by atoms with Crippen LogP contribution in [0.15, 0.2) is 30.6 Å². The van der Waals surface area contributed by atoms with Crippen molar-refractivity contribution in [1.82, 2.24) is 20.1 Å². The summed E-state index contributed by atoms with van der Waals surface area (Å²) in [5, 5.41) is 19.4. The van der Waals surface area contributed by atoms with Gasteiger partial charge >= 0.3 is 0 Å². The lowest BCUT2D eigenvalue weighted by molar-refractivity contribution is 0.0937. The van der Waals surface area contributed by atoms with Gasteiger partial charge in [0.25, 0.3) is 5.91 Å². The van der Waals surface area contributed by atoms with Crippen molar-refractivity contribution >= 4 is 5.91 Å². The largest absolute Gasteiger partial charge is 0.384 e. The van der Waals surface area contributed by atoms with Crippen molar-refractivity contribution in [2.75, 3.05) is 6.61 Å². The number of amides is 1. The van der Waals surface area contributed by atoms with Crippen LogP contribution in [0.5, 0.6) is 0 Å². The number of aliphatic hydroxyl groups excluding tert-OH is 1. The lowest BCUT2D eigenvalue weighted by Gasteiger charge is -2.13. The lowest BCUT2D eigenvalue weighted by Crippen LogP contribution is -2.29. The number of nitrogens with one attached hydrogen (secondary N) is 1. The minimum Gasteiger partial charge on any atom is -0.384 e. The molecular formula is C15H16N4O2. The molecule has 6 nitrogen and oxygen atoms in total. The molecule has 6 heteroatoms. The zero-order valence-corrected chi connectivity index (χ0v) is 11.9. The van der Waals surface area contributed by atoms with Gasteiger partial charge in [0.05, 0.1) is 11.6 Å². The van der Waals surface area contributed by atoms with Gasteiger partial charge < -0.3 is 15.0 Å². The smallest absolute Gasteiger partial charge is 0.253 e. The van der Waals surface area contributed by atoms with E-state index in [2.05, 4.69) is 27.4 Å². The number of nitrogens with zero attached hydrogens (tertiary/aromatic N) is 3. The zero-order chi connectivity index (χ0) is 15.2. The van der Waals surface area contributed by atoms with Crippen molar-refractivity contribution < 1.29 is 9.90 Å². The molecule has 0 radical (unpaired) electrons. The average Bonchev–Trinajstić information content (AvgIpc) is 2.91. The Kier molecular flexibility index (Phi) is 4.69. The molecule has 2 aromatic rings. The van der Waals surface area contributed by atoms with Crippen LogP contribution in [-0.2, 0) is 7.05 Å². The summed E-state index contributed by atoms with van der Waals surface area (Å²) in [6, 6.07) is 6.73. The minimum atomic E-state index is -0.274. The van der Waals surface area contributed by atoms with Crippen LogP contribution in [0.3, 0.4) is 0 Å². The number of aromatic nitrogens is 3. The molecule has 1 heterocycles. The van der Waals surface area contributed by atoms with Gasteiger partial charge in [-0.1, -0.05) is 24.0 Å². The van der Waals surface area contributed by atoms with E-state index in [1.54, 1.807) is 35.2 Å². The number of aliphatic hydroxyl groups is 1. The summed E-state index contributed by atoms with van der Waals surface area (Å²) < 4.78 is 1.75. The second-order valence-corrected chi connectivity index (χ2v) is 4.50. The topological polar surface area (TPSA) is 80.0 Å². The van der Waals surface area contributed by atoms with Crippen molar-refractivity contribution in [2.45, 2.75) is 13.0 Å². The van der Waals surface area contributed by atoms with E-state index in [0.717, 1.165) is 0 Å². The molecule has 21 heavy (non-hydrogen) atoms. The molecule has 1 unspecified atom stereocenters. The highest BCUT2D eigenvalue weighted by Gasteiger charge is 2.16. The monoisotopic (exact) mass is 284 g/mol. The number of rotatable bonds is 3. The molecule has 0 fully saturated rings. The van der Waals surface area contributed by atoms with E-state index in [0.29, 0.717) is 17.0 Å². The van der Waals surface area contributed by atoms with Gasteiger partial charge in [-0.05, 0) is 19.1 Å². The molecule has 2 N–H and O–H groups in total. The molecule has 108 valence electrons. The first-order valence-electron chi connectivity index (χ1n) is 6.47. The number of carbonyl (C=O) groups excluding carboxylic acids is 1. The van der Waals surface area contributed by atoms with Gasteiger partial charge in [-0.25, -0.2) is 0 Å². The van der Waals surface area contributed by atoms with E-state index >= 15 is 0 Å². The fourth-order valence-electron chi connectivity index (χ4n) is 1.95. The molecule has 0 bridgehead atoms. The Balaban J connectivity index is 2.19. The van der Waals surface area contributed by atoms with E-state index in [1.807, 2.05) is 14.0 Å². The van der Waals surface area contributed by atoms with Gasteiger partial charge in [-0.15, -0.1) is 10.2 Å². The average molecular weight is 284 g/mol. The van der Waals surface area contributed by atoms with Crippen molar-refractivity contribution in [1.29, 1.82) is 0 Å². The molecule has 1 aromatic carbocycles. The number of benzene rings is 1. The summed E-state index contributed by atoms with van der Waals surface area (Å²) in [5.41, 5.74) is 1.04. The Morgan fingerprint density at radius 2 is 2.24 bits per heavy atom. The van der Waals surface area contributed by atoms with Crippen molar-refractivity contribution in [2.24, 2.45) is 7.05 Å². The summed E-state index contributed by atoms with van der Waals surface area (Å²) in [4.78, 5) is 12.3. The highest BCUT2D eigenvalue weighted by molar-refractivity contribution is 5.96. The van der Waals surface area contributed by atoms with Crippen LogP contribution >= 0.6 is 0 Å². The van der Waals surface area contributed by atoms with E-state index in [1.165, 1.54) is 0 Å². The van der Waals surface area contributed by atoms with Gasteiger partial charge in [0.2, 0.25) is 0 Å². The Morgan fingerprint density at radius 1 is 1.48 bits per heavy atom. The maximum atomic E-state index is 12.3. The molecule has 1 aromatic heterocycles. The Hall–Kier alpha value is -2.65. The Morgan fingerprint density at radius 3 is 2.90 bits per heavy atom. The maximum Gasteiger partial charge on any atom is 0.253 e. The summed E-state index contributed by atoms with van der Waals surface area (Å²) in [6.07, 6.45) is 1.58. The molecule has 0 saturated carbocycles. The quantitative estimate of drug-likeness (QED) is 0.811. The fraction of sp³-hybridized carbons (Fsp3) is 0.267.